The lowest BCUT2D eigenvalue weighted by Crippen LogP contribution is -2.47. The van der Waals surface area contributed by atoms with Crippen LogP contribution in [0.15, 0.2) is 54.6 Å². The van der Waals surface area contributed by atoms with Gasteiger partial charge in [0.15, 0.2) is 5.82 Å². The van der Waals surface area contributed by atoms with Gasteiger partial charge in [0.2, 0.25) is 10.8 Å². The number of piperazine rings is 1. The predicted octanol–water partition coefficient (Wildman–Crippen LogP) is 4.27. The van der Waals surface area contributed by atoms with Gasteiger partial charge in [0.1, 0.15) is 0 Å². The third-order valence-electron chi connectivity index (χ3n) is 6.19. The fourth-order valence-corrected chi connectivity index (χ4v) is 5.64. The third-order valence-corrected chi connectivity index (χ3v) is 7.26. The normalized spacial score (nSPS) is 16.6. The molecule has 7 heteroatoms. The number of fused-ring (bicyclic) bond motifs is 1. The van der Waals surface area contributed by atoms with E-state index in [2.05, 4.69) is 81.4 Å². The molecule has 1 aliphatic rings. The van der Waals surface area contributed by atoms with E-state index in [1.165, 1.54) is 16.7 Å². The van der Waals surface area contributed by atoms with E-state index in [1.54, 1.807) is 15.9 Å². The molecule has 5 rings (SSSR count). The van der Waals surface area contributed by atoms with E-state index in [9.17, 15) is 5.11 Å². The van der Waals surface area contributed by atoms with Gasteiger partial charge in [-0.15, -0.1) is 5.10 Å². The van der Waals surface area contributed by atoms with Crippen molar-refractivity contribution in [3.05, 3.63) is 82.0 Å². The molecule has 4 aromatic rings. The largest absolute Gasteiger partial charge is 0.492 e. The van der Waals surface area contributed by atoms with Crippen molar-refractivity contribution in [2.75, 3.05) is 26.2 Å². The molecule has 0 bridgehead atoms. The fourth-order valence-electron chi connectivity index (χ4n) is 4.51. The number of hydrogen-bond acceptors (Lipinski definition) is 6. The summed E-state index contributed by atoms with van der Waals surface area (Å²) in [6, 6.07) is 19.3. The van der Waals surface area contributed by atoms with Crippen molar-refractivity contribution >= 4 is 16.3 Å². The first-order chi connectivity index (χ1) is 15.6. The SMILES string of the molecule is CCc1nc2sc([C@H](c3cccc(C)c3)N3CCN(Cc4ccccc4)CC3)c(O)n2n1. The minimum atomic E-state index is -0.00708. The fraction of sp³-hybridized carbons (Fsp3) is 0.360. The Hall–Kier alpha value is -2.74. The maximum atomic E-state index is 11.1. The van der Waals surface area contributed by atoms with Gasteiger partial charge in [-0.25, -0.2) is 4.98 Å². The first-order valence-corrected chi connectivity index (χ1v) is 12.1. The van der Waals surface area contributed by atoms with Crippen LogP contribution in [0, 0.1) is 6.92 Å². The van der Waals surface area contributed by atoms with Gasteiger partial charge in [-0.2, -0.15) is 4.52 Å². The highest BCUT2D eigenvalue weighted by atomic mass is 32.1. The van der Waals surface area contributed by atoms with Crippen molar-refractivity contribution in [3.63, 3.8) is 0 Å². The van der Waals surface area contributed by atoms with Gasteiger partial charge in [-0.05, 0) is 18.1 Å². The predicted molar refractivity (Wildman–Crippen MR) is 128 cm³/mol. The highest BCUT2D eigenvalue weighted by Gasteiger charge is 2.31. The summed E-state index contributed by atoms with van der Waals surface area (Å²) in [7, 11) is 0. The van der Waals surface area contributed by atoms with E-state index >= 15 is 0 Å². The Balaban J connectivity index is 1.43. The number of nitrogens with zero attached hydrogens (tertiary/aromatic N) is 5. The Morgan fingerprint density at radius 3 is 2.50 bits per heavy atom. The van der Waals surface area contributed by atoms with Gasteiger partial charge in [0.25, 0.3) is 0 Å². The molecule has 0 aliphatic carbocycles. The number of benzene rings is 2. The second-order valence-electron chi connectivity index (χ2n) is 8.48. The van der Waals surface area contributed by atoms with Gasteiger partial charge < -0.3 is 5.11 Å². The average Bonchev–Trinajstić information content (AvgIpc) is 3.35. The van der Waals surface area contributed by atoms with E-state index in [-0.39, 0.29) is 11.9 Å². The van der Waals surface area contributed by atoms with E-state index in [4.69, 9.17) is 0 Å². The van der Waals surface area contributed by atoms with E-state index in [0.29, 0.717) is 0 Å². The number of aromatic hydroxyl groups is 1. The van der Waals surface area contributed by atoms with Crippen LogP contribution in [0.5, 0.6) is 5.88 Å². The molecule has 2 aromatic heterocycles. The molecule has 0 unspecified atom stereocenters. The van der Waals surface area contributed by atoms with E-state index in [0.717, 1.165) is 54.8 Å². The molecular formula is C25H29N5OS. The van der Waals surface area contributed by atoms with Crippen molar-refractivity contribution < 1.29 is 5.11 Å². The molecule has 1 N–H and O–H groups in total. The second kappa shape index (κ2) is 9.02. The van der Waals surface area contributed by atoms with Crippen molar-refractivity contribution in [2.24, 2.45) is 0 Å². The second-order valence-corrected chi connectivity index (χ2v) is 9.49. The van der Waals surface area contributed by atoms with Crippen LogP contribution in [0.1, 0.15) is 40.4 Å². The molecule has 32 heavy (non-hydrogen) atoms. The summed E-state index contributed by atoms with van der Waals surface area (Å²) < 4.78 is 1.60. The lowest BCUT2D eigenvalue weighted by molar-refractivity contribution is 0.105. The molecule has 1 saturated heterocycles. The summed E-state index contributed by atoms with van der Waals surface area (Å²) in [4.78, 5) is 11.3. The molecule has 1 atom stereocenters. The molecule has 6 nitrogen and oxygen atoms in total. The van der Waals surface area contributed by atoms with Crippen LogP contribution >= 0.6 is 11.3 Å². The van der Waals surface area contributed by atoms with Crippen LogP contribution in [0.3, 0.4) is 0 Å². The van der Waals surface area contributed by atoms with Gasteiger partial charge in [-0.3, -0.25) is 9.80 Å². The summed E-state index contributed by atoms with van der Waals surface area (Å²) in [5.74, 6) is 0.982. The Labute approximate surface area is 192 Å². The molecule has 1 fully saturated rings. The summed E-state index contributed by atoms with van der Waals surface area (Å²) in [5, 5.41) is 15.6. The number of aryl methyl sites for hydroxylation is 2. The molecule has 0 amide bonds. The first kappa shape index (κ1) is 21.1. The number of rotatable bonds is 6. The molecule has 3 heterocycles. The summed E-state index contributed by atoms with van der Waals surface area (Å²) in [6.45, 7) is 9.01. The summed E-state index contributed by atoms with van der Waals surface area (Å²) in [5.41, 5.74) is 3.78. The van der Waals surface area contributed by atoms with Crippen molar-refractivity contribution in [1.82, 2.24) is 24.4 Å². The summed E-state index contributed by atoms with van der Waals surface area (Å²) >= 11 is 1.55. The Bertz CT molecular complexity index is 1190. The number of aromatic nitrogens is 3. The molecule has 1 aliphatic heterocycles. The molecule has 166 valence electrons. The maximum absolute atomic E-state index is 11.1. The zero-order valence-corrected chi connectivity index (χ0v) is 19.4. The molecule has 0 saturated carbocycles. The maximum Gasteiger partial charge on any atom is 0.230 e. The minimum absolute atomic E-state index is 0.00708. The Morgan fingerprint density at radius 1 is 1.03 bits per heavy atom. The lowest BCUT2D eigenvalue weighted by atomic mass is 10.0. The van der Waals surface area contributed by atoms with Crippen molar-refractivity contribution in [3.8, 4) is 5.88 Å². The monoisotopic (exact) mass is 447 g/mol. The minimum Gasteiger partial charge on any atom is -0.492 e. The van der Waals surface area contributed by atoms with Crippen molar-refractivity contribution in [1.29, 1.82) is 0 Å². The van der Waals surface area contributed by atoms with Gasteiger partial charge in [-0.1, -0.05) is 78.4 Å². The topological polar surface area (TPSA) is 56.9 Å². The highest BCUT2D eigenvalue weighted by Crippen LogP contribution is 2.40. The van der Waals surface area contributed by atoms with Gasteiger partial charge >= 0.3 is 0 Å². The molecule has 0 radical (unpaired) electrons. The number of hydrogen-bond donors (Lipinski definition) is 1. The van der Waals surface area contributed by atoms with Crippen LogP contribution in [0.25, 0.3) is 4.96 Å². The Kier molecular flexibility index (Phi) is 5.95. The van der Waals surface area contributed by atoms with Crippen LogP contribution < -0.4 is 0 Å². The highest BCUT2D eigenvalue weighted by molar-refractivity contribution is 7.17. The zero-order chi connectivity index (χ0) is 22.1. The molecule has 2 aromatic carbocycles. The van der Waals surface area contributed by atoms with Crippen molar-refractivity contribution in [2.45, 2.75) is 32.9 Å². The lowest BCUT2D eigenvalue weighted by Gasteiger charge is -2.39. The molecular weight excluding hydrogens is 418 g/mol. The van der Waals surface area contributed by atoms with Gasteiger partial charge in [0, 0.05) is 39.1 Å². The van der Waals surface area contributed by atoms with Crippen LogP contribution in [-0.2, 0) is 13.0 Å². The van der Waals surface area contributed by atoms with Crippen LogP contribution in [0.2, 0.25) is 0 Å². The van der Waals surface area contributed by atoms with Crippen LogP contribution in [-0.4, -0.2) is 55.7 Å². The number of thiazole rings is 1. The Morgan fingerprint density at radius 2 is 1.81 bits per heavy atom. The quantitative estimate of drug-likeness (QED) is 0.478. The van der Waals surface area contributed by atoms with Gasteiger partial charge in [0.05, 0.1) is 10.9 Å². The third kappa shape index (κ3) is 4.16. The molecule has 0 spiro atoms. The van der Waals surface area contributed by atoms with E-state index < -0.39 is 0 Å². The zero-order valence-electron chi connectivity index (χ0n) is 18.6. The standard InChI is InChI=1S/C25H29N5OS/c1-3-21-26-25-30(27-21)24(31)23(32-25)22(20-11-7-8-18(2)16-20)29-14-12-28(13-15-29)17-19-9-5-4-6-10-19/h4-11,16,22,31H,3,12-15,17H2,1-2H3/t22-/m0/s1. The smallest absolute Gasteiger partial charge is 0.230 e. The van der Waals surface area contributed by atoms with Crippen LogP contribution in [0.4, 0.5) is 0 Å². The average molecular weight is 448 g/mol. The van der Waals surface area contributed by atoms with E-state index in [1.807, 2.05) is 6.92 Å². The first-order valence-electron chi connectivity index (χ1n) is 11.3. The summed E-state index contributed by atoms with van der Waals surface area (Å²) in [6.07, 6.45) is 0.758.